The number of piperidine rings is 1. The molecule has 1 fully saturated rings. The molecular formula is C20H29N3O3S. The normalized spacial score (nSPS) is 19.4. The second kappa shape index (κ2) is 8.10. The molecule has 27 heavy (non-hydrogen) atoms. The number of thioether (sulfide) groups is 1. The van der Waals surface area contributed by atoms with Crippen molar-refractivity contribution in [2.75, 3.05) is 37.8 Å². The van der Waals surface area contributed by atoms with E-state index in [4.69, 9.17) is 0 Å². The molecule has 1 aromatic carbocycles. The van der Waals surface area contributed by atoms with Crippen LogP contribution in [0.15, 0.2) is 23.1 Å². The first-order chi connectivity index (χ1) is 12.8. The number of hydrogen-bond donors (Lipinski definition) is 2. The highest BCUT2D eigenvalue weighted by atomic mass is 32.2. The number of benzene rings is 1. The molecule has 2 N–H and O–H groups in total. The summed E-state index contributed by atoms with van der Waals surface area (Å²) in [4.78, 5) is 29.5. The van der Waals surface area contributed by atoms with Gasteiger partial charge in [-0.3, -0.25) is 4.79 Å². The molecule has 3 rings (SSSR count). The number of aliphatic carboxylic acids is 1. The van der Waals surface area contributed by atoms with E-state index in [9.17, 15) is 14.7 Å². The Labute approximate surface area is 165 Å². The van der Waals surface area contributed by atoms with Gasteiger partial charge >= 0.3 is 12.0 Å². The molecule has 2 aliphatic rings. The summed E-state index contributed by atoms with van der Waals surface area (Å²) >= 11 is 1.71. The van der Waals surface area contributed by atoms with Gasteiger partial charge in [0, 0.05) is 42.8 Å². The molecule has 7 heteroatoms. The number of nitrogens with one attached hydrogen (secondary N) is 1. The standard InChI is InChI=1S/C20H29N3O3S/c1-20(2,18(24)25)13-22-9-7-15(8-10-22)23-11-6-14-12-16(27-3)4-5-17(14)21-19(23)26/h4-5,12,15H,6-11,13H2,1-3H3,(H,21,26)(H,24,25). The summed E-state index contributed by atoms with van der Waals surface area (Å²) in [5.74, 6) is -0.765. The smallest absolute Gasteiger partial charge is 0.322 e. The van der Waals surface area contributed by atoms with Crippen LogP contribution in [-0.2, 0) is 11.2 Å². The zero-order valence-corrected chi connectivity index (χ0v) is 17.1. The van der Waals surface area contributed by atoms with Gasteiger partial charge in [-0.25, -0.2) is 4.79 Å². The van der Waals surface area contributed by atoms with Crippen molar-refractivity contribution in [1.29, 1.82) is 0 Å². The Hall–Kier alpha value is -1.73. The van der Waals surface area contributed by atoms with Crippen LogP contribution in [0.25, 0.3) is 0 Å². The number of amides is 2. The van der Waals surface area contributed by atoms with Crippen LogP contribution in [0.5, 0.6) is 0 Å². The van der Waals surface area contributed by atoms with Crippen LogP contribution in [0.4, 0.5) is 10.5 Å². The van der Waals surface area contributed by atoms with Crippen molar-refractivity contribution in [3.63, 3.8) is 0 Å². The number of nitrogens with zero attached hydrogens (tertiary/aromatic N) is 2. The molecule has 6 nitrogen and oxygen atoms in total. The van der Waals surface area contributed by atoms with Gasteiger partial charge in [-0.1, -0.05) is 0 Å². The molecule has 1 saturated heterocycles. The van der Waals surface area contributed by atoms with Crippen molar-refractivity contribution in [2.45, 2.75) is 44.0 Å². The van der Waals surface area contributed by atoms with Gasteiger partial charge in [0.25, 0.3) is 0 Å². The molecule has 0 radical (unpaired) electrons. The predicted molar refractivity (Wildman–Crippen MR) is 109 cm³/mol. The van der Waals surface area contributed by atoms with Crippen LogP contribution in [-0.4, -0.2) is 65.4 Å². The summed E-state index contributed by atoms with van der Waals surface area (Å²) in [5.41, 5.74) is 1.36. The van der Waals surface area contributed by atoms with Crippen LogP contribution in [0.3, 0.4) is 0 Å². The van der Waals surface area contributed by atoms with Gasteiger partial charge in [-0.05, 0) is 63.1 Å². The van der Waals surface area contributed by atoms with E-state index in [1.165, 1.54) is 10.5 Å². The zero-order chi connectivity index (χ0) is 19.6. The van der Waals surface area contributed by atoms with Crippen molar-refractivity contribution in [1.82, 2.24) is 9.80 Å². The fraction of sp³-hybridized carbons (Fsp3) is 0.600. The Kier molecular flexibility index (Phi) is 6.01. The van der Waals surface area contributed by atoms with Crippen molar-refractivity contribution in [3.8, 4) is 0 Å². The summed E-state index contributed by atoms with van der Waals surface area (Å²) in [5, 5.41) is 12.4. The van der Waals surface area contributed by atoms with Gasteiger partial charge in [0.2, 0.25) is 0 Å². The molecule has 2 aliphatic heterocycles. The number of rotatable bonds is 5. The number of fused-ring (bicyclic) bond motifs is 1. The van der Waals surface area contributed by atoms with Crippen molar-refractivity contribution >= 4 is 29.4 Å². The van der Waals surface area contributed by atoms with E-state index in [-0.39, 0.29) is 12.1 Å². The van der Waals surface area contributed by atoms with Crippen LogP contribution in [0.1, 0.15) is 32.3 Å². The van der Waals surface area contributed by atoms with E-state index in [2.05, 4.69) is 22.5 Å². The Balaban J connectivity index is 1.60. The molecule has 0 spiro atoms. The number of hydrogen-bond acceptors (Lipinski definition) is 4. The Morgan fingerprint density at radius 1 is 1.30 bits per heavy atom. The van der Waals surface area contributed by atoms with Crippen molar-refractivity contribution in [2.24, 2.45) is 5.41 Å². The lowest BCUT2D eigenvalue weighted by molar-refractivity contribution is -0.148. The largest absolute Gasteiger partial charge is 0.481 e. The molecule has 2 amide bonds. The maximum atomic E-state index is 12.7. The lowest BCUT2D eigenvalue weighted by Gasteiger charge is -2.39. The Morgan fingerprint density at radius 3 is 2.63 bits per heavy atom. The second-order valence-corrected chi connectivity index (χ2v) is 8.97. The van der Waals surface area contributed by atoms with E-state index in [0.717, 1.165) is 44.6 Å². The molecule has 2 heterocycles. The molecule has 0 aromatic heterocycles. The number of carbonyl (C=O) groups is 2. The lowest BCUT2D eigenvalue weighted by atomic mass is 9.91. The highest BCUT2D eigenvalue weighted by Gasteiger charge is 2.34. The average Bonchev–Trinajstić information content (AvgIpc) is 2.79. The van der Waals surface area contributed by atoms with Gasteiger partial charge in [-0.2, -0.15) is 0 Å². The van der Waals surface area contributed by atoms with E-state index < -0.39 is 11.4 Å². The third kappa shape index (κ3) is 4.58. The third-order valence-corrected chi connectivity index (χ3v) is 6.36. The van der Waals surface area contributed by atoms with E-state index in [1.54, 1.807) is 25.6 Å². The fourth-order valence-corrected chi connectivity index (χ4v) is 4.38. The minimum atomic E-state index is -0.765. The van der Waals surface area contributed by atoms with E-state index >= 15 is 0 Å². The number of anilines is 1. The highest BCUT2D eigenvalue weighted by molar-refractivity contribution is 7.98. The number of carboxylic acids is 1. The summed E-state index contributed by atoms with van der Waals surface area (Å²) in [6.45, 7) is 6.46. The molecule has 1 aromatic rings. The number of carbonyl (C=O) groups excluding carboxylic acids is 1. The number of carboxylic acid groups (broad SMARTS) is 1. The third-order valence-electron chi connectivity index (χ3n) is 5.63. The quantitative estimate of drug-likeness (QED) is 0.753. The van der Waals surface area contributed by atoms with E-state index in [0.29, 0.717) is 6.54 Å². The summed E-state index contributed by atoms with van der Waals surface area (Å²) in [6, 6.07) is 6.40. The number of likely N-dealkylation sites (tertiary alicyclic amines) is 1. The second-order valence-electron chi connectivity index (χ2n) is 8.09. The summed E-state index contributed by atoms with van der Waals surface area (Å²) < 4.78 is 0. The van der Waals surface area contributed by atoms with Gasteiger partial charge in [0.15, 0.2) is 0 Å². The minimum Gasteiger partial charge on any atom is -0.481 e. The van der Waals surface area contributed by atoms with Gasteiger partial charge in [-0.15, -0.1) is 11.8 Å². The highest BCUT2D eigenvalue weighted by Crippen LogP contribution is 2.28. The molecule has 0 atom stereocenters. The van der Waals surface area contributed by atoms with Crippen molar-refractivity contribution in [3.05, 3.63) is 23.8 Å². The maximum absolute atomic E-state index is 12.7. The summed E-state index contributed by atoms with van der Waals surface area (Å²) in [6.07, 6.45) is 4.68. The molecule has 0 aliphatic carbocycles. The first-order valence-electron chi connectivity index (χ1n) is 9.50. The molecule has 0 unspecified atom stereocenters. The maximum Gasteiger partial charge on any atom is 0.322 e. The minimum absolute atomic E-state index is 0.0185. The summed E-state index contributed by atoms with van der Waals surface area (Å²) in [7, 11) is 0. The van der Waals surface area contributed by atoms with Crippen LogP contribution in [0.2, 0.25) is 0 Å². The van der Waals surface area contributed by atoms with Crippen LogP contribution >= 0.6 is 11.8 Å². The topological polar surface area (TPSA) is 72.9 Å². The SMILES string of the molecule is CSc1ccc2c(c1)CCN(C1CCN(CC(C)(C)C(=O)O)CC1)C(=O)N2. The fourth-order valence-electron chi connectivity index (χ4n) is 3.92. The average molecular weight is 392 g/mol. The Bertz CT molecular complexity index is 714. The molecule has 0 saturated carbocycles. The van der Waals surface area contributed by atoms with Crippen LogP contribution < -0.4 is 5.32 Å². The number of urea groups is 1. The van der Waals surface area contributed by atoms with E-state index in [1.807, 2.05) is 17.0 Å². The predicted octanol–water partition coefficient (Wildman–Crippen LogP) is 3.37. The van der Waals surface area contributed by atoms with Gasteiger partial charge in [0.05, 0.1) is 5.41 Å². The first kappa shape index (κ1) is 20.0. The monoisotopic (exact) mass is 391 g/mol. The first-order valence-corrected chi connectivity index (χ1v) is 10.7. The molecule has 148 valence electrons. The zero-order valence-electron chi connectivity index (χ0n) is 16.3. The Morgan fingerprint density at radius 2 is 2.00 bits per heavy atom. The van der Waals surface area contributed by atoms with Crippen LogP contribution in [0, 0.1) is 5.41 Å². The van der Waals surface area contributed by atoms with Crippen molar-refractivity contribution < 1.29 is 14.7 Å². The molecular weight excluding hydrogens is 362 g/mol. The van der Waals surface area contributed by atoms with Gasteiger partial charge < -0.3 is 20.2 Å². The van der Waals surface area contributed by atoms with Gasteiger partial charge in [0.1, 0.15) is 0 Å². The molecule has 0 bridgehead atoms. The lowest BCUT2D eigenvalue weighted by Crippen LogP contribution is -2.50.